The lowest BCUT2D eigenvalue weighted by molar-refractivity contribution is -0.402. The lowest BCUT2D eigenvalue weighted by Crippen LogP contribution is -2.72. The first kappa shape index (κ1) is 85.3. The molecule has 0 aliphatic carbocycles. The largest absolute Gasteiger partial charge is 0.394 e. The quantitative estimate of drug-likeness (QED) is 0.0404. The molecule has 0 aromatic carbocycles. The standard InChI is InChI=1S/C58H98N2O44/c1-12-25(70)31(76)36(81)53(88-12)100-45-23(59-14(3)68)51(102-47-28(73)17(6-62)92-56(39(47)84)97-42-20(9-65)90-50(87)35(80)34(42)79)95-21(10-66)43(45)98-57-40(85)48(29(74)18(7-63)93-57)103-52-24(60-15(4)69)46(101-54-37(82)32(77)26(71)13(2)89-54)44(22(11-67)96-52)99-58-41(86)49(30(75)19(8-64)94-58)104-55-38(83)33(78)27(72)16(5-61)91-55/h12-13,16-58,61-67,70-87H,5-11H2,1-4H3,(H,59,68)(H,60,69)/t12-,13-,16+,17+,18+,19+,20+,21+,22+,23+,24+,25+,26+,27-,28-,29-,30-,31+,32+,33-,34+,35+,36-,37-,38+,39+,40+,41+,42+,43+,44+,45+,46+,47-,48-,49-,50+,51-,52-,53-,54-,55+,56-,57-,58-/m0/s1. The van der Waals surface area contributed by atoms with E-state index in [0.717, 1.165) is 13.8 Å². The molecule has 27 N–H and O–H groups in total. The van der Waals surface area contributed by atoms with Gasteiger partial charge < -0.3 is 219 Å². The average molecular weight is 1530 g/mol. The van der Waals surface area contributed by atoms with Crippen molar-refractivity contribution in [2.24, 2.45) is 0 Å². The number of carbonyl (C=O) groups is 2. The third kappa shape index (κ3) is 17.9. The van der Waals surface area contributed by atoms with Crippen LogP contribution in [0.3, 0.4) is 0 Å². The second-order valence-electron chi connectivity index (χ2n) is 26.6. The molecule has 604 valence electrons. The summed E-state index contributed by atoms with van der Waals surface area (Å²) >= 11 is 0. The van der Waals surface area contributed by atoms with Gasteiger partial charge in [-0.1, -0.05) is 0 Å². The van der Waals surface area contributed by atoms with E-state index in [1.807, 2.05) is 0 Å². The first-order valence-corrected chi connectivity index (χ1v) is 33.4. The Kier molecular flexibility index (Phi) is 30.0. The maximum Gasteiger partial charge on any atom is 0.217 e. The zero-order valence-electron chi connectivity index (χ0n) is 55.9. The number of ether oxygens (including phenoxy) is 17. The highest BCUT2D eigenvalue weighted by atomic mass is 16.8. The highest BCUT2D eigenvalue weighted by molar-refractivity contribution is 5.73. The number of nitrogens with one attached hydrogen (secondary N) is 2. The average Bonchev–Trinajstić information content (AvgIpc) is 0.762. The Bertz CT molecular complexity index is 2680. The van der Waals surface area contributed by atoms with Crippen LogP contribution in [-0.4, -0.2) is 462 Å². The van der Waals surface area contributed by atoms with Gasteiger partial charge in [0.1, 0.15) is 207 Å². The summed E-state index contributed by atoms with van der Waals surface area (Å²) in [6, 6.07) is -4.03. The van der Waals surface area contributed by atoms with E-state index < -0.39 is 334 Å². The van der Waals surface area contributed by atoms with Crippen molar-refractivity contribution in [1.29, 1.82) is 0 Å². The molecule has 2 amide bonds. The van der Waals surface area contributed by atoms with Gasteiger partial charge >= 0.3 is 0 Å². The van der Waals surface area contributed by atoms with Crippen LogP contribution in [0.5, 0.6) is 0 Å². The maximum absolute atomic E-state index is 13.5. The number of hydrogen-bond donors (Lipinski definition) is 27. The van der Waals surface area contributed by atoms with Crippen molar-refractivity contribution in [2.75, 3.05) is 46.2 Å². The summed E-state index contributed by atoms with van der Waals surface area (Å²) < 4.78 is 101. The summed E-state index contributed by atoms with van der Waals surface area (Å²) in [4.78, 5) is 26.9. The number of aliphatic hydroxyl groups excluding tert-OH is 25. The Morgan fingerprint density at radius 2 is 0.500 bits per heavy atom. The number of carbonyl (C=O) groups excluding carboxylic acids is 2. The number of rotatable bonds is 25. The molecule has 0 radical (unpaired) electrons. The van der Waals surface area contributed by atoms with Crippen LogP contribution in [0.1, 0.15) is 27.7 Å². The normalized spacial score (nSPS) is 51.9. The molecule has 104 heavy (non-hydrogen) atoms. The molecule has 9 saturated heterocycles. The monoisotopic (exact) mass is 1530 g/mol. The Labute approximate surface area is 589 Å². The number of hydrogen-bond acceptors (Lipinski definition) is 44. The summed E-state index contributed by atoms with van der Waals surface area (Å²) in [6.07, 6.45) is -87.6. The first-order valence-electron chi connectivity index (χ1n) is 33.4. The van der Waals surface area contributed by atoms with Crippen molar-refractivity contribution < 1.29 is 218 Å². The van der Waals surface area contributed by atoms with E-state index in [1.165, 1.54) is 13.8 Å². The SMILES string of the molecule is CC(=O)N[C@H]1[C@H](O[C@H]2[C@@H](O)[C@@H](CO)O[C@@H](O[C@H]3[C@H](O)[C@@H](O)[C@H](O)O[C@@H]3CO)[C@@H]2O)O[C@H](CO)[C@@H](O[C@@H]2O[C@H](CO)[C@H](O)[C@H](O[C@@H]3O[C@H](CO)[C@@H](O[C@@H]4O[C@H](CO)[C@H](O)[C@H](O[C@H]5O[C@H](CO)[C@H](O)[C@H](O)[C@H]5O)[C@H]4O)[C@H](O[C@@H]4O[C@@H](C)[C@@H](O)[C@@H](O)[C@@H]4O)[C@H]3NC(C)=O)[C@H]2O)[C@@H]1O[C@@H]1O[C@@H](C)[C@@H](O)[C@@H](O)[C@@H]1O. The van der Waals surface area contributed by atoms with Crippen LogP contribution >= 0.6 is 0 Å². The van der Waals surface area contributed by atoms with Crippen LogP contribution in [-0.2, 0) is 90.1 Å². The Hall–Kier alpha value is -2.74. The van der Waals surface area contributed by atoms with Crippen LogP contribution in [0.2, 0.25) is 0 Å². The smallest absolute Gasteiger partial charge is 0.217 e. The lowest BCUT2D eigenvalue weighted by Gasteiger charge is -2.53. The van der Waals surface area contributed by atoms with Crippen molar-refractivity contribution in [2.45, 2.75) is 304 Å². The molecule has 0 bridgehead atoms. The predicted molar refractivity (Wildman–Crippen MR) is 317 cm³/mol. The molecule has 46 nitrogen and oxygen atoms in total. The van der Waals surface area contributed by atoms with Gasteiger partial charge in [-0.15, -0.1) is 0 Å². The zero-order valence-corrected chi connectivity index (χ0v) is 55.9. The van der Waals surface area contributed by atoms with E-state index in [9.17, 15) is 137 Å². The van der Waals surface area contributed by atoms with E-state index in [-0.39, 0.29) is 0 Å². The summed E-state index contributed by atoms with van der Waals surface area (Å²) in [5, 5.41) is 280. The van der Waals surface area contributed by atoms with Crippen molar-refractivity contribution in [1.82, 2.24) is 10.6 Å². The Morgan fingerprint density at radius 1 is 0.250 bits per heavy atom. The molecular formula is C58H98N2O44. The summed E-state index contributed by atoms with van der Waals surface area (Å²) in [5.41, 5.74) is 0. The van der Waals surface area contributed by atoms with Crippen molar-refractivity contribution in [3.05, 3.63) is 0 Å². The fourth-order valence-electron chi connectivity index (χ4n) is 13.6. The molecule has 0 aromatic heterocycles. The minimum absolute atomic E-state index is 0.925. The second-order valence-corrected chi connectivity index (χ2v) is 26.6. The van der Waals surface area contributed by atoms with Crippen LogP contribution < -0.4 is 10.6 Å². The summed E-state index contributed by atoms with van der Waals surface area (Å²) in [7, 11) is 0. The second kappa shape index (κ2) is 36.6. The van der Waals surface area contributed by atoms with Gasteiger partial charge in [0, 0.05) is 13.8 Å². The molecule has 9 heterocycles. The fourth-order valence-corrected chi connectivity index (χ4v) is 13.6. The minimum Gasteiger partial charge on any atom is -0.394 e. The Balaban J connectivity index is 1.05. The molecule has 45 atom stereocenters. The minimum atomic E-state index is -2.49. The van der Waals surface area contributed by atoms with E-state index in [1.54, 1.807) is 0 Å². The van der Waals surface area contributed by atoms with Crippen LogP contribution in [0, 0.1) is 0 Å². The van der Waals surface area contributed by atoms with Gasteiger partial charge in [-0.05, 0) is 13.8 Å². The fraction of sp³-hybridized carbons (Fsp3) is 0.966. The highest BCUT2D eigenvalue weighted by Gasteiger charge is 2.62. The molecule has 0 aromatic rings. The van der Waals surface area contributed by atoms with E-state index >= 15 is 0 Å². The summed E-state index contributed by atoms with van der Waals surface area (Å²) in [5.74, 6) is -1.99. The molecule has 9 fully saturated rings. The first-order chi connectivity index (χ1) is 49.2. The molecule has 9 aliphatic rings. The van der Waals surface area contributed by atoms with E-state index in [4.69, 9.17) is 80.5 Å². The molecule has 9 aliphatic heterocycles. The van der Waals surface area contributed by atoms with E-state index in [0.29, 0.717) is 0 Å². The van der Waals surface area contributed by atoms with Gasteiger partial charge in [0.05, 0.1) is 58.5 Å². The third-order valence-electron chi connectivity index (χ3n) is 19.5. The molecule has 0 saturated carbocycles. The van der Waals surface area contributed by atoms with Crippen molar-refractivity contribution in [3.8, 4) is 0 Å². The molecular weight excluding hydrogens is 1430 g/mol. The third-order valence-corrected chi connectivity index (χ3v) is 19.5. The van der Waals surface area contributed by atoms with Crippen LogP contribution in [0.25, 0.3) is 0 Å². The van der Waals surface area contributed by atoms with Gasteiger partial charge in [0.2, 0.25) is 11.8 Å². The van der Waals surface area contributed by atoms with Crippen LogP contribution in [0.15, 0.2) is 0 Å². The van der Waals surface area contributed by atoms with Crippen LogP contribution in [0.4, 0.5) is 0 Å². The van der Waals surface area contributed by atoms with Gasteiger partial charge in [-0.2, -0.15) is 0 Å². The lowest BCUT2D eigenvalue weighted by atomic mass is 9.93. The van der Waals surface area contributed by atoms with E-state index in [2.05, 4.69) is 10.6 Å². The predicted octanol–water partition coefficient (Wildman–Crippen LogP) is -18.3. The van der Waals surface area contributed by atoms with Gasteiger partial charge in [-0.3, -0.25) is 9.59 Å². The van der Waals surface area contributed by atoms with Gasteiger partial charge in [0.25, 0.3) is 0 Å². The number of aliphatic hydroxyl groups is 25. The molecule has 9 rings (SSSR count). The maximum atomic E-state index is 13.5. The van der Waals surface area contributed by atoms with Crippen molar-refractivity contribution in [3.63, 3.8) is 0 Å². The van der Waals surface area contributed by atoms with Crippen molar-refractivity contribution >= 4 is 11.8 Å². The highest BCUT2D eigenvalue weighted by Crippen LogP contribution is 2.41. The van der Waals surface area contributed by atoms with Gasteiger partial charge in [-0.25, -0.2) is 0 Å². The molecule has 0 spiro atoms. The van der Waals surface area contributed by atoms with Gasteiger partial charge in [0.15, 0.2) is 56.6 Å². The summed E-state index contributed by atoms with van der Waals surface area (Å²) in [6.45, 7) is -3.45. The molecule has 0 unspecified atom stereocenters. The Morgan fingerprint density at radius 3 is 0.827 bits per heavy atom. The molecule has 46 heteroatoms. The number of amides is 2. The zero-order chi connectivity index (χ0) is 76.5. The topological polar surface area (TPSA) is 721 Å².